The Kier molecular flexibility index (Phi) is 67.4. The van der Waals surface area contributed by atoms with Gasteiger partial charge in [-0.15, -0.1) is 0 Å². The largest absolute Gasteiger partial charge is 0.545 e. The highest BCUT2D eigenvalue weighted by molar-refractivity contribution is 5.70. The number of unbranched alkanes of at least 4 members (excludes halogenated alkanes) is 51. The van der Waals surface area contributed by atoms with Crippen molar-refractivity contribution in [3.05, 3.63) is 36.5 Å². The first-order valence-electron chi connectivity index (χ1n) is 38.1. The maximum Gasteiger partial charge on any atom is 0.306 e. The fraction of sp³-hybridized carbons (Fsp3) is 0.885. The molecule has 0 heterocycles. The van der Waals surface area contributed by atoms with Crippen LogP contribution in [0.25, 0.3) is 0 Å². The summed E-state index contributed by atoms with van der Waals surface area (Å²) in [7, 11) is 5.95. The summed E-state index contributed by atoms with van der Waals surface area (Å²) in [5, 5.41) is 11.8. The molecule has 2 unspecified atom stereocenters. The van der Waals surface area contributed by atoms with E-state index in [2.05, 4.69) is 50.3 Å². The number of aliphatic carboxylic acids is 1. The molecule has 0 aromatic rings. The minimum Gasteiger partial charge on any atom is -0.545 e. The minimum absolute atomic E-state index is 0.151. The molecule has 512 valence electrons. The number of rotatable bonds is 72. The zero-order valence-electron chi connectivity index (χ0n) is 58.7. The van der Waals surface area contributed by atoms with Crippen LogP contribution in [0.5, 0.6) is 0 Å². The third-order valence-electron chi connectivity index (χ3n) is 17.4. The van der Waals surface area contributed by atoms with Crippen LogP contribution in [-0.4, -0.2) is 82.3 Å². The van der Waals surface area contributed by atoms with Gasteiger partial charge in [-0.1, -0.05) is 339 Å². The number of ether oxygens (including phenoxy) is 4. The van der Waals surface area contributed by atoms with Crippen LogP contribution in [0.15, 0.2) is 36.5 Å². The summed E-state index contributed by atoms with van der Waals surface area (Å²) < 4.78 is 22.9. The maximum atomic E-state index is 13.0. The standard InChI is InChI=1S/C78H147NO8/c1-6-8-10-12-14-16-18-20-22-24-26-28-30-32-34-36-37-38-39-41-42-44-46-48-50-52-54-56-58-60-62-64-66-68-75(80)85-72-74(73-86-78(77(82)83)84-71-70-79(3,4)5)87-76(81)69-67-65-63-61-59-57-55-53-51-49-47-45-43-40-35-33-31-29-27-25-23-21-19-17-15-13-11-9-7-2/h19,21,24-27,74,78H,6-18,20,22-23,28-73H2,1-5H3/b21-19-,26-24-,27-25-. The number of carboxylic acids is 1. The minimum atomic E-state index is -1.62. The number of hydrogen-bond acceptors (Lipinski definition) is 8. The van der Waals surface area contributed by atoms with Crippen molar-refractivity contribution in [2.24, 2.45) is 0 Å². The molecule has 0 aromatic heterocycles. The summed E-state index contributed by atoms with van der Waals surface area (Å²) in [5.74, 6) is -2.25. The molecule has 0 rings (SSSR count). The van der Waals surface area contributed by atoms with E-state index in [4.69, 9.17) is 18.9 Å². The number of quaternary nitrogens is 1. The van der Waals surface area contributed by atoms with Gasteiger partial charge in [0.2, 0.25) is 0 Å². The van der Waals surface area contributed by atoms with Gasteiger partial charge in [-0.2, -0.15) is 0 Å². The first kappa shape index (κ1) is 84.5. The van der Waals surface area contributed by atoms with E-state index in [1.54, 1.807) is 0 Å². The molecule has 0 saturated carbocycles. The molecular formula is C78H147NO8. The van der Waals surface area contributed by atoms with Crippen LogP contribution in [0.4, 0.5) is 0 Å². The van der Waals surface area contributed by atoms with E-state index in [0.717, 1.165) is 44.9 Å². The highest BCUT2D eigenvalue weighted by Gasteiger charge is 2.22. The molecule has 0 spiro atoms. The van der Waals surface area contributed by atoms with Gasteiger partial charge in [-0.25, -0.2) is 0 Å². The summed E-state index contributed by atoms with van der Waals surface area (Å²) in [5.41, 5.74) is 0. The molecular weight excluding hydrogens is 1080 g/mol. The Balaban J connectivity index is 4.01. The van der Waals surface area contributed by atoms with Gasteiger partial charge in [0, 0.05) is 12.8 Å². The predicted octanol–water partition coefficient (Wildman–Crippen LogP) is 22.6. The van der Waals surface area contributed by atoms with E-state index < -0.39 is 24.3 Å². The lowest BCUT2D eigenvalue weighted by atomic mass is 10.0. The first-order valence-corrected chi connectivity index (χ1v) is 38.1. The van der Waals surface area contributed by atoms with Crippen LogP contribution in [0.1, 0.15) is 386 Å². The van der Waals surface area contributed by atoms with Gasteiger partial charge in [0.1, 0.15) is 13.2 Å². The molecule has 0 N–H and O–H groups in total. The van der Waals surface area contributed by atoms with Gasteiger partial charge in [0.05, 0.1) is 40.3 Å². The molecule has 0 aliphatic rings. The monoisotopic (exact) mass is 1230 g/mol. The van der Waals surface area contributed by atoms with Crippen molar-refractivity contribution in [3.63, 3.8) is 0 Å². The number of carbonyl (C=O) groups excluding carboxylic acids is 3. The molecule has 9 nitrogen and oxygen atoms in total. The topological polar surface area (TPSA) is 111 Å². The Morgan fingerprint density at radius 3 is 0.920 bits per heavy atom. The summed E-state index contributed by atoms with van der Waals surface area (Å²) in [6.45, 7) is 4.81. The Morgan fingerprint density at radius 1 is 0.345 bits per heavy atom. The van der Waals surface area contributed by atoms with E-state index in [1.807, 2.05) is 21.1 Å². The second-order valence-corrected chi connectivity index (χ2v) is 27.3. The molecule has 0 amide bonds. The van der Waals surface area contributed by atoms with Crippen LogP contribution in [0.3, 0.4) is 0 Å². The molecule has 2 atom stereocenters. The van der Waals surface area contributed by atoms with Crippen molar-refractivity contribution in [1.29, 1.82) is 0 Å². The highest BCUT2D eigenvalue weighted by Crippen LogP contribution is 2.19. The highest BCUT2D eigenvalue weighted by atomic mass is 16.7. The molecule has 0 aromatic carbocycles. The van der Waals surface area contributed by atoms with Crippen molar-refractivity contribution in [1.82, 2.24) is 0 Å². The lowest BCUT2D eigenvalue weighted by Crippen LogP contribution is -2.44. The molecule has 0 saturated heterocycles. The molecule has 0 aliphatic carbocycles. The van der Waals surface area contributed by atoms with Gasteiger partial charge >= 0.3 is 11.9 Å². The molecule has 0 bridgehead atoms. The lowest BCUT2D eigenvalue weighted by Gasteiger charge is -2.26. The Bertz CT molecular complexity index is 1520. The summed E-state index contributed by atoms with van der Waals surface area (Å²) in [4.78, 5) is 37.6. The van der Waals surface area contributed by atoms with Gasteiger partial charge in [-0.05, 0) is 70.6 Å². The summed E-state index contributed by atoms with van der Waals surface area (Å²) in [6.07, 6.45) is 85.4. The van der Waals surface area contributed by atoms with Crippen molar-refractivity contribution in [3.8, 4) is 0 Å². The normalized spacial score (nSPS) is 12.8. The van der Waals surface area contributed by atoms with Crippen LogP contribution in [0.2, 0.25) is 0 Å². The molecule has 0 aliphatic heterocycles. The van der Waals surface area contributed by atoms with Crippen LogP contribution in [-0.2, 0) is 33.3 Å². The average Bonchev–Trinajstić information content (AvgIpc) is 3.57. The molecule has 87 heavy (non-hydrogen) atoms. The number of likely N-dealkylation sites (N-methyl/N-ethyl adjacent to an activating group) is 1. The number of carbonyl (C=O) groups is 3. The smallest absolute Gasteiger partial charge is 0.306 e. The van der Waals surface area contributed by atoms with E-state index >= 15 is 0 Å². The fourth-order valence-electron chi connectivity index (χ4n) is 11.5. The third kappa shape index (κ3) is 70.8. The quantitative estimate of drug-likeness (QED) is 0.0195. The van der Waals surface area contributed by atoms with Gasteiger partial charge in [0.15, 0.2) is 12.4 Å². The molecule has 0 fully saturated rings. The number of esters is 2. The van der Waals surface area contributed by atoms with Crippen molar-refractivity contribution in [2.45, 2.75) is 399 Å². The Hall–Kier alpha value is -2.49. The Morgan fingerprint density at radius 2 is 0.621 bits per heavy atom. The van der Waals surface area contributed by atoms with E-state index in [9.17, 15) is 19.5 Å². The van der Waals surface area contributed by atoms with Crippen molar-refractivity contribution >= 4 is 17.9 Å². The van der Waals surface area contributed by atoms with Crippen LogP contribution >= 0.6 is 0 Å². The van der Waals surface area contributed by atoms with Gasteiger partial charge in [-0.3, -0.25) is 9.59 Å². The van der Waals surface area contributed by atoms with E-state index in [-0.39, 0.29) is 32.2 Å². The lowest BCUT2D eigenvalue weighted by molar-refractivity contribution is -0.870. The second-order valence-electron chi connectivity index (χ2n) is 27.3. The van der Waals surface area contributed by atoms with Crippen LogP contribution in [0, 0.1) is 0 Å². The van der Waals surface area contributed by atoms with Crippen LogP contribution < -0.4 is 5.11 Å². The fourth-order valence-corrected chi connectivity index (χ4v) is 11.5. The predicted molar refractivity (Wildman–Crippen MR) is 371 cm³/mol. The SMILES string of the molecule is CCCCCCC/C=C\C/C=C\CCCCCCCCCCCCCCCCCCCC(=O)OC(COC(=O)CCCCCCCCCCCCCCCCCCCCCCC/C=C\CCCCCCCCCC)COC(OCC[N+](C)(C)C)C(=O)[O-]. The summed E-state index contributed by atoms with van der Waals surface area (Å²) >= 11 is 0. The van der Waals surface area contributed by atoms with E-state index in [0.29, 0.717) is 17.4 Å². The number of nitrogens with zero attached hydrogens (tertiary/aromatic N) is 1. The zero-order valence-corrected chi connectivity index (χ0v) is 58.7. The average molecular weight is 1230 g/mol. The van der Waals surface area contributed by atoms with Crippen molar-refractivity contribution in [2.75, 3.05) is 47.5 Å². The summed E-state index contributed by atoms with van der Waals surface area (Å²) in [6, 6.07) is 0. The zero-order chi connectivity index (χ0) is 63.3. The molecule has 9 heteroatoms. The van der Waals surface area contributed by atoms with Gasteiger partial charge < -0.3 is 33.3 Å². The third-order valence-corrected chi connectivity index (χ3v) is 17.4. The van der Waals surface area contributed by atoms with Gasteiger partial charge in [0.25, 0.3) is 0 Å². The number of carboxylic acid groups (broad SMARTS) is 1. The Labute approximate surface area is 540 Å². The molecule has 0 radical (unpaired) electrons. The van der Waals surface area contributed by atoms with E-state index in [1.165, 1.54) is 315 Å². The number of allylic oxidation sites excluding steroid dienone is 6. The number of hydrogen-bond donors (Lipinski definition) is 0. The second kappa shape index (κ2) is 69.4. The first-order chi connectivity index (χ1) is 42.6. The van der Waals surface area contributed by atoms with Crippen molar-refractivity contribution < 1.29 is 42.9 Å². The maximum absolute atomic E-state index is 13.0.